The van der Waals surface area contributed by atoms with Crippen LogP contribution in [0.1, 0.15) is 109 Å². The van der Waals surface area contributed by atoms with E-state index in [1.54, 1.807) is 0 Å². The maximum absolute atomic E-state index is 11.1. The molecular weight excluding hydrogens is 563 g/mol. The molecule has 0 unspecified atom stereocenters. The molecule has 0 saturated heterocycles. The van der Waals surface area contributed by atoms with Crippen LogP contribution in [0, 0.1) is 0 Å². The zero-order chi connectivity index (χ0) is 29.7. The molecular formula is C37H50N2NiO2. The number of para-hydroxylation sites is 2. The summed E-state index contributed by atoms with van der Waals surface area (Å²) in [4.78, 5) is 10.0. The van der Waals surface area contributed by atoms with Gasteiger partial charge in [-0.05, 0) is 73.9 Å². The molecule has 230 valence electrons. The van der Waals surface area contributed by atoms with Crippen molar-refractivity contribution in [3.05, 3.63) is 83.9 Å². The summed E-state index contributed by atoms with van der Waals surface area (Å²) < 4.78 is 0. The minimum absolute atomic E-state index is 0. The molecule has 42 heavy (non-hydrogen) atoms. The second-order valence-corrected chi connectivity index (χ2v) is 10.6. The fourth-order valence-corrected chi connectivity index (χ4v) is 4.74. The molecule has 3 aromatic carbocycles. The van der Waals surface area contributed by atoms with Gasteiger partial charge in [-0.15, -0.1) is 11.5 Å². The van der Waals surface area contributed by atoms with Crippen molar-refractivity contribution >= 4 is 22.8 Å². The molecule has 0 aliphatic heterocycles. The molecule has 5 heteroatoms. The number of aliphatic imine (C=N–C) groups is 2. The van der Waals surface area contributed by atoms with Gasteiger partial charge in [0.05, 0.1) is 22.8 Å². The monoisotopic (exact) mass is 612 g/mol. The number of unbranched alkanes of at least 4 members (excludes halogenated alkanes) is 6. The van der Waals surface area contributed by atoms with E-state index >= 15 is 0 Å². The van der Waals surface area contributed by atoms with Crippen LogP contribution in [0.4, 0.5) is 11.4 Å². The van der Waals surface area contributed by atoms with Crippen molar-refractivity contribution in [3.63, 3.8) is 0 Å². The van der Waals surface area contributed by atoms with Crippen LogP contribution < -0.4 is 10.2 Å². The Balaban J connectivity index is 0.000000529. The summed E-state index contributed by atoms with van der Waals surface area (Å²) in [6, 6.07) is 23.6. The van der Waals surface area contributed by atoms with E-state index in [1.165, 1.54) is 62.8 Å². The number of rotatable bonds is 16. The zero-order valence-corrected chi connectivity index (χ0v) is 27.1. The average Bonchev–Trinajstić information content (AvgIpc) is 2.99. The van der Waals surface area contributed by atoms with Gasteiger partial charge >= 0.3 is 16.5 Å². The maximum atomic E-state index is 11.1. The van der Waals surface area contributed by atoms with Crippen LogP contribution in [0.3, 0.4) is 0 Å². The normalized spacial score (nSPS) is 11.4. The van der Waals surface area contributed by atoms with Crippen LogP contribution in [-0.4, -0.2) is 11.4 Å². The van der Waals surface area contributed by atoms with Crippen LogP contribution in [0.25, 0.3) is 0 Å². The van der Waals surface area contributed by atoms with E-state index in [-0.39, 0.29) is 28.0 Å². The van der Waals surface area contributed by atoms with Gasteiger partial charge in [0.25, 0.3) is 0 Å². The van der Waals surface area contributed by atoms with Crippen molar-refractivity contribution in [3.8, 4) is 11.5 Å². The van der Waals surface area contributed by atoms with Crippen LogP contribution in [0.2, 0.25) is 0 Å². The van der Waals surface area contributed by atoms with Gasteiger partial charge in [0.15, 0.2) is 0 Å². The van der Waals surface area contributed by atoms with Crippen LogP contribution in [0.15, 0.2) is 82.8 Å². The molecule has 0 atom stereocenters. The van der Waals surface area contributed by atoms with Crippen molar-refractivity contribution in [1.82, 2.24) is 0 Å². The molecule has 0 bridgehead atoms. The zero-order valence-electron chi connectivity index (χ0n) is 26.1. The van der Waals surface area contributed by atoms with Crippen molar-refractivity contribution < 1.29 is 26.7 Å². The molecule has 0 fully saturated rings. The SMILES string of the molecule is CCCCCCCCC(=Nc1ccccc1)C(CCCC)=Nc1ccccc1.CCCc1cc([O-])c([O-])cc1CC.[Ni+2]. The summed E-state index contributed by atoms with van der Waals surface area (Å²) in [5.74, 6) is -0.752. The topological polar surface area (TPSA) is 70.8 Å². The van der Waals surface area contributed by atoms with Crippen molar-refractivity contribution in [2.45, 2.75) is 111 Å². The molecule has 0 spiro atoms. The summed E-state index contributed by atoms with van der Waals surface area (Å²) in [5, 5.41) is 22.1. The number of hydrogen-bond donors (Lipinski definition) is 0. The first-order valence-corrected chi connectivity index (χ1v) is 15.8. The van der Waals surface area contributed by atoms with Gasteiger partial charge in [0, 0.05) is 0 Å². The Bertz CT molecular complexity index is 1180. The molecule has 0 saturated carbocycles. The molecule has 3 aromatic rings. The fraction of sp³-hybridized carbons (Fsp3) is 0.459. The second kappa shape index (κ2) is 22.7. The minimum atomic E-state index is -0.378. The molecule has 0 aromatic heterocycles. The van der Waals surface area contributed by atoms with Gasteiger partial charge in [-0.1, -0.05) is 121 Å². The number of hydrogen-bond acceptors (Lipinski definition) is 4. The van der Waals surface area contributed by atoms with Gasteiger partial charge in [-0.25, -0.2) is 0 Å². The fourth-order valence-electron chi connectivity index (χ4n) is 4.74. The summed E-state index contributed by atoms with van der Waals surface area (Å²) in [7, 11) is 0. The summed E-state index contributed by atoms with van der Waals surface area (Å²) >= 11 is 0. The Labute approximate surface area is 265 Å². The first kappa shape index (κ1) is 37.1. The third-order valence-corrected chi connectivity index (χ3v) is 7.07. The van der Waals surface area contributed by atoms with E-state index in [9.17, 15) is 10.2 Å². The van der Waals surface area contributed by atoms with Gasteiger partial charge in [0.2, 0.25) is 0 Å². The van der Waals surface area contributed by atoms with E-state index in [4.69, 9.17) is 9.98 Å². The molecule has 0 aliphatic carbocycles. The molecule has 3 rings (SSSR count). The van der Waals surface area contributed by atoms with E-state index in [0.717, 1.165) is 66.7 Å². The van der Waals surface area contributed by atoms with E-state index in [0.29, 0.717) is 0 Å². The number of nitrogens with zero attached hydrogens (tertiary/aromatic N) is 2. The molecule has 0 heterocycles. The quantitative estimate of drug-likeness (QED) is 0.0917. The van der Waals surface area contributed by atoms with Gasteiger partial charge in [-0.2, -0.15) is 0 Å². The van der Waals surface area contributed by atoms with Gasteiger partial charge in [0.1, 0.15) is 0 Å². The Morgan fingerprint density at radius 3 is 1.48 bits per heavy atom. The van der Waals surface area contributed by atoms with Gasteiger partial charge < -0.3 is 10.2 Å². The van der Waals surface area contributed by atoms with E-state index in [2.05, 4.69) is 69.3 Å². The van der Waals surface area contributed by atoms with Crippen molar-refractivity contribution in [2.24, 2.45) is 9.98 Å². The Kier molecular flexibility index (Phi) is 20.0. The molecule has 4 nitrogen and oxygen atoms in total. The number of benzene rings is 3. The van der Waals surface area contributed by atoms with Crippen molar-refractivity contribution in [1.29, 1.82) is 0 Å². The van der Waals surface area contributed by atoms with E-state index in [1.807, 2.05) is 19.1 Å². The summed E-state index contributed by atoms with van der Waals surface area (Å²) in [6.45, 7) is 8.57. The Morgan fingerprint density at radius 1 is 0.548 bits per heavy atom. The Hall–Kier alpha value is -2.91. The van der Waals surface area contributed by atoms with Crippen LogP contribution in [0.5, 0.6) is 11.5 Å². The molecule has 0 N–H and O–H groups in total. The minimum Gasteiger partial charge on any atom is -0.873 e. The van der Waals surface area contributed by atoms with Crippen molar-refractivity contribution in [2.75, 3.05) is 0 Å². The predicted octanol–water partition coefficient (Wildman–Crippen LogP) is 9.82. The summed E-state index contributed by atoms with van der Waals surface area (Å²) in [5.41, 5.74) is 6.43. The Morgan fingerprint density at radius 2 is 1.00 bits per heavy atom. The third-order valence-electron chi connectivity index (χ3n) is 7.07. The molecule has 0 amide bonds. The standard InChI is InChI=1S/C26H36N2.C11H16O2.Ni/c1-3-5-7-8-9-16-22-26(28-24-19-14-11-15-20-24)25(21-6-4-2)27-23-17-12-10-13-18-23;1-3-5-9-7-11(13)10(12)6-8(9)4-2;/h10-15,17-20H,3-9,16,21-22H2,1-2H3;6-7,12-13H,3-5H2,1-2H3;/q;;+2/p-2. The van der Waals surface area contributed by atoms with Crippen LogP contribution in [-0.2, 0) is 29.3 Å². The number of aryl methyl sites for hydroxylation is 2. The molecule has 0 aliphatic rings. The van der Waals surface area contributed by atoms with Gasteiger partial charge in [-0.3, -0.25) is 9.98 Å². The first-order valence-electron chi connectivity index (χ1n) is 15.8. The smallest absolute Gasteiger partial charge is 0.873 e. The first-order chi connectivity index (χ1) is 20.0. The predicted molar refractivity (Wildman–Crippen MR) is 173 cm³/mol. The third kappa shape index (κ3) is 14.3. The average molecular weight is 614 g/mol. The largest absolute Gasteiger partial charge is 2.00 e. The maximum Gasteiger partial charge on any atom is 2.00 e. The second-order valence-electron chi connectivity index (χ2n) is 10.6. The van der Waals surface area contributed by atoms with Crippen LogP contribution >= 0.6 is 0 Å². The summed E-state index contributed by atoms with van der Waals surface area (Å²) in [6.07, 6.45) is 14.8. The molecule has 0 radical (unpaired) electrons. The van der Waals surface area contributed by atoms with E-state index < -0.39 is 0 Å².